The number of phenols is 1. The van der Waals surface area contributed by atoms with Crippen LogP contribution in [0.1, 0.15) is 31.7 Å². The zero-order valence-electron chi connectivity index (χ0n) is 18.8. The molecule has 2 amide bonds. The van der Waals surface area contributed by atoms with Gasteiger partial charge in [-0.2, -0.15) is 0 Å². The van der Waals surface area contributed by atoms with Gasteiger partial charge in [0.25, 0.3) is 0 Å². The number of methoxy groups -OCH3 is 1. The topological polar surface area (TPSA) is 96.3 Å². The molecule has 2 fully saturated rings. The number of amides is 2. The first-order valence-corrected chi connectivity index (χ1v) is 11.1. The number of phenolic OH excluding ortho intramolecular Hbond substituents is 1. The van der Waals surface area contributed by atoms with E-state index in [1.54, 1.807) is 26.3 Å². The summed E-state index contributed by atoms with van der Waals surface area (Å²) in [7, 11) is 2.20. The van der Waals surface area contributed by atoms with Gasteiger partial charge in [-0.3, -0.25) is 14.5 Å². The molecule has 1 aliphatic carbocycles. The van der Waals surface area contributed by atoms with Gasteiger partial charge in [-0.1, -0.05) is 23.8 Å². The molecule has 0 aromatic heterocycles. The molecular weight excluding hydrogens is 409 g/mol. The summed E-state index contributed by atoms with van der Waals surface area (Å²) in [6.45, 7) is 2.43. The molecule has 2 N–H and O–H groups in total. The van der Waals surface area contributed by atoms with Gasteiger partial charge in [0, 0.05) is 14.2 Å². The average Bonchev–Trinajstić information content (AvgIpc) is 2.97. The Labute approximate surface area is 188 Å². The predicted octanol–water partition coefficient (Wildman–Crippen LogP) is 2.65. The van der Waals surface area contributed by atoms with Crippen LogP contribution in [0.3, 0.4) is 0 Å². The van der Waals surface area contributed by atoms with Crippen LogP contribution in [0.25, 0.3) is 6.08 Å². The maximum Gasteiger partial charge on any atom is 0.455 e. The molecule has 0 unspecified atom stereocenters. The Morgan fingerprint density at radius 3 is 2.66 bits per heavy atom. The molecule has 0 bridgehead atoms. The number of carbonyl (C=O) groups excluding carboxylic acids is 2. The van der Waals surface area contributed by atoms with E-state index in [4.69, 9.17) is 9.39 Å². The lowest BCUT2D eigenvalue weighted by atomic mass is 9.58. The molecule has 3 aliphatic rings. The number of hydrogen-bond donors (Lipinski definition) is 2. The van der Waals surface area contributed by atoms with Gasteiger partial charge in [-0.15, -0.1) is 0 Å². The van der Waals surface area contributed by atoms with Crippen LogP contribution in [-0.2, 0) is 19.0 Å². The number of rotatable bonds is 6. The first-order chi connectivity index (χ1) is 15.3. The monoisotopic (exact) mass is 439 g/mol. The number of likely N-dealkylation sites (tertiary alicyclic amines) is 1. The van der Waals surface area contributed by atoms with Crippen molar-refractivity contribution in [1.82, 2.24) is 4.90 Å². The van der Waals surface area contributed by atoms with Gasteiger partial charge >= 0.3 is 7.12 Å². The highest BCUT2D eigenvalue weighted by atomic mass is 16.5. The third-order valence-electron chi connectivity index (χ3n) is 6.95. The number of imide groups is 1. The van der Waals surface area contributed by atoms with Gasteiger partial charge < -0.3 is 19.5 Å². The number of nitrogens with zero attached hydrogens (tertiary/aromatic N) is 1. The van der Waals surface area contributed by atoms with E-state index in [9.17, 15) is 19.7 Å². The number of aromatic hydroxyl groups is 1. The Bertz CT molecular complexity index is 956. The minimum atomic E-state index is -0.966. The fourth-order valence-corrected chi connectivity index (χ4v) is 5.51. The Hall–Kier alpha value is -2.42. The van der Waals surface area contributed by atoms with E-state index in [0.29, 0.717) is 25.8 Å². The van der Waals surface area contributed by atoms with Crippen LogP contribution in [0, 0.1) is 17.8 Å². The molecule has 8 heteroatoms. The molecule has 7 nitrogen and oxygen atoms in total. The van der Waals surface area contributed by atoms with Crippen molar-refractivity contribution in [2.45, 2.75) is 38.6 Å². The summed E-state index contributed by atoms with van der Waals surface area (Å²) < 4.78 is 11.4. The Morgan fingerprint density at radius 2 is 1.97 bits per heavy atom. The summed E-state index contributed by atoms with van der Waals surface area (Å²) in [5.41, 5.74) is 4.20. The van der Waals surface area contributed by atoms with E-state index >= 15 is 0 Å². The van der Waals surface area contributed by atoms with Crippen LogP contribution in [0.2, 0.25) is 6.32 Å². The second kappa shape index (κ2) is 9.21. The number of fused-ring (bicyclic) bond motifs is 3. The zero-order chi connectivity index (χ0) is 23.0. The van der Waals surface area contributed by atoms with Crippen LogP contribution in [0.4, 0.5) is 0 Å². The van der Waals surface area contributed by atoms with E-state index in [1.807, 2.05) is 19.1 Å². The van der Waals surface area contributed by atoms with Crippen molar-refractivity contribution in [3.8, 4) is 5.75 Å². The third kappa shape index (κ3) is 4.27. The first kappa shape index (κ1) is 22.8. The zero-order valence-corrected chi connectivity index (χ0v) is 18.8. The maximum atomic E-state index is 12.9. The molecule has 1 aromatic carbocycles. The minimum Gasteiger partial charge on any atom is -0.508 e. The second-order valence-electron chi connectivity index (χ2n) is 9.11. The van der Waals surface area contributed by atoms with Crippen molar-refractivity contribution < 1.29 is 29.1 Å². The van der Waals surface area contributed by atoms with Crippen molar-refractivity contribution in [3.05, 3.63) is 46.5 Å². The van der Waals surface area contributed by atoms with Crippen molar-refractivity contribution in [1.29, 1.82) is 0 Å². The molecule has 2 aliphatic heterocycles. The fourth-order valence-electron chi connectivity index (χ4n) is 5.51. The molecule has 0 radical (unpaired) electrons. The summed E-state index contributed by atoms with van der Waals surface area (Å²) in [5.74, 6) is -1.09. The number of benzene rings is 1. The lowest BCUT2D eigenvalue weighted by Crippen LogP contribution is -2.46. The Kier molecular flexibility index (Phi) is 6.56. The summed E-state index contributed by atoms with van der Waals surface area (Å²) in [4.78, 5) is 26.8. The lowest BCUT2D eigenvalue weighted by Gasteiger charge is -2.43. The number of allylic oxidation sites excluding steroid dienone is 1. The molecule has 0 spiro atoms. The van der Waals surface area contributed by atoms with Crippen molar-refractivity contribution in [2.75, 3.05) is 20.8 Å². The molecule has 170 valence electrons. The lowest BCUT2D eigenvalue weighted by molar-refractivity contribution is -0.138. The van der Waals surface area contributed by atoms with Crippen molar-refractivity contribution in [3.63, 3.8) is 0 Å². The standard InChI is InChI=1S/C24H30BNO6/c1-14(10-15-5-7-17(27)8-6-15)4-9-20-21-16(13-31-3)11-18-22(19(21)12-25(30)32-20)24(29)26(2)23(18)28/h5-8,10,18-20,22,27,30H,4,9,11-13H2,1-3H3/b14-10+/t18-,19+,20-,22-/m1/s1. The highest BCUT2D eigenvalue weighted by Gasteiger charge is 2.56. The van der Waals surface area contributed by atoms with E-state index < -0.39 is 13.0 Å². The van der Waals surface area contributed by atoms with Crippen molar-refractivity contribution >= 4 is 25.0 Å². The van der Waals surface area contributed by atoms with Crippen LogP contribution in [0.5, 0.6) is 5.75 Å². The molecule has 0 saturated carbocycles. The normalized spacial score (nSPS) is 28.3. The second-order valence-corrected chi connectivity index (χ2v) is 9.11. The molecule has 4 rings (SSSR count). The number of ether oxygens (including phenoxy) is 1. The Balaban J connectivity index is 1.58. The van der Waals surface area contributed by atoms with Crippen molar-refractivity contribution in [2.24, 2.45) is 17.8 Å². The van der Waals surface area contributed by atoms with Gasteiger partial charge in [-0.05, 0) is 67.3 Å². The van der Waals surface area contributed by atoms with E-state index in [-0.39, 0.29) is 35.5 Å². The summed E-state index contributed by atoms with van der Waals surface area (Å²) >= 11 is 0. The van der Waals surface area contributed by atoms with E-state index in [1.165, 1.54) is 4.90 Å². The van der Waals surface area contributed by atoms with Gasteiger partial charge in [0.1, 0.15) is 5.75 Å². The van der Waals surface area contributed by atoms with Gasteiger partial charge in [0.2, 0.25) is 11.8 Å². The smallest absolute Gasteiger partial charge is 0.455 e. The quantitative estimate of drug-likeness (QED) is 0.402. The van der Waals surface area contributed by atoms with Crippen LogP contribution < -0.4 is 0 Å². The minimum absolute atomic E-state index is 0.141. The molecule has 1 aromatic rings. The van der Waals surface area contributed by atoms with Crippen LogP contribution >= 0.6 is 0 Å². The van der Waals surface area contributed by atoms with Gasteiger partial charge in [-0.25, -0.2) is 0 Å². The summed E-state index contributed by atoms with van der Waals surface area (Å²) in [6.07, 6.45) is 3.95. The molecule has 4 atom stereocenters. The predicted molar refractivity (Wildman–Crippen MR) is 120 cm³/mol. The molecule has 2 saturated heterocycles. The Morgan fingerprint density at radius 1 is 1.25 bits per heavy atom. The number of hydrogen-bond acceptors (Lipinski definition) is 6. The van der Waals surface area contributed by atoms with E-state index in [0.717, 1.165) is 28.7 Å². The van der Waals surface area contributed by atoms with Gasteiger partial charge in [0.05, 0.1) is 24.5 Å². The highest BCUT2D eigenvalue weighted by molar-refractivity contribution is 6.43. The van der Waals surface area contributed by atoms with Crippen LogP contribution in [-0.4, -0.2) is 60.8 Å². The summed E-state index contributed by atoms with van der Waals surface area (Å²) in [6, 6.07) is 7.02. The largest absolute Gasteiger partial charge is 0.508 e. The summed E-state index contributed by atoms with van der Waals surface area (Å²) in [5, 5.41) is 19.9. The average molecular weight is 439 g/mol. The molecule has 32 heavy (non-hydrogen) atoms. The number of carbonyl (C=O) groups is 2. The maximum absolute atomic E-state index is 12.9. The van der Waals surface area contributed by atoms with Gasteiger partial charge in [0.15, 0.2) is 0 Å². The SMILES string of the molecule is COCC1=C2[C@@H](CC/C(C)=C/c3ccc(O)cc3)OB(O)C[C@@H]2[C@@H]2C(=O)N(C)C(=O)[C@@H]2C1. The first-order valence-electron chi connectivity index (χ1n) is 11.1. The molecular formula is C24H30BNO6. The van der Waals surface area contributed by atoms with E-state index in [2.05, 4.69) is 6.08 Å². The fraction of sp³-hybridized carbons (Fsp3) is 0.500. The highest BCUT2D eigenvalue weighted by Crippen LogP contribution is 2.50. The third-order valence-corrected chi connectivity index (χ3v) is 6.95. The van der Waals surface area contributed by atoms with Crippen LogP contribution in [0.15, 0.2) is 41.0 Å². The molecule has 2 heterocycles.